The van der Waals surface area contributed by atoms with Gasteiger partial charge in [-0.05, 0) is 50.3 Å². The number of thiophene rings is 1. The molecule has 2 aliphatic heterocycles. The van der Waals surface area contributed by atoms with Crippen LogP contribution in [0.5, 0.6) is 0 Å². The van der Waals surface area contributed by atoms with Crippen molar-refractivity contribution in [2.75, 3.05) is 26.2 Å². The quantitative estimate of drug-likeness (QED) is 0.845. The molecule has 23 heavy (non-hydrogen) atoms. The summed E-state index contributed by atoms with van der Waals surface area (Å²) in [5.74, 6) is 0.223. The number of rotatable bonds is 1. The molecule has 5 heteroatoms. The number of carbonyl (C=O) groups is 1. The summed E-state index contributed by atoms with van der Waals surface area (Å²) in [5.41, 5.74) is 1.39. The minimum absolute atomic E-state index is 0. The fraction of sp³-hybridized carbons (Fsp3) is 0.500. The van der Waals surface area contributed by atoms with Crippen LogP contribution in [0.25, 0.3) is 10.1 Å². The number of benzene rings is 1. The molecule has 0 unspecified atom stereocenters. The lowest BCUT2D eigenvalue weighted by molar-refractivity contribution is 0.0498. The van der Waals surface area contributed by atoms with E-state index < -0.39 is 0 Å². The van der Waals surface area contributed by atoms with Crippen LogP contribution in [-0.4, -0.2) is 37.0 Å². The second kappa shape index (κ2) is 6.80. The van der Waals surface area contributed by atoms with Gasteiger partial charge in [-0.15, -0.1) is 23.7 Å². The van der Waals surface area contributed by atoms with E-state index in [0.717, 1.165) is 37.1 Å². The zero-order chi connectivity index (χ0) is 15.0. The predicted octanol–water partition coefficient (Wildman–Crippen LogP) is 3.93. The molecule has 1 aromatic carbocycles. The number of hydrogen-bond acceptors (Lipinski definition) is 3. The summed E-state index contributed by atoms with van der Waals surface area (Å²) < 4.78 is 1.21. The molecule has 2 aliphatic rings. The van der Waals surface area contributed by atoms with Crippen molar-refractivity contribution < 1.29 is 4.79 Å². The molecule has 2 aromatic rings. The van der Waals surface area contributed by atoms with Crippen molar-refractivity contribution in [3.05, 3.63) is 35.2 Å². The van der Waals surface area contributed by atoms with Gasteiger partial charge >= 0.3 is 0 Å². The molecule has 3 heterocycles. The monoisotopic (exact) mass is 350 g/mol. The predicted molar refractivity (Wildman–Crippen MR) is 98.7 cm³/mol. The topological polar surface area (TPSA) is 32.3 Å². The molecule has 1 amide bonds. The molecule has 2 saturated heterocycles. The van der Waals surface area contributed by atoms with Gasteiger partial charge in [-0.1, -0.05) is 18.2 Å². The van der Waals surface area contributed by atoms with E-state index >= 15 is 0 Å². The molecule has 0 saturated carbocycles. The summed E-state index contributed by atoms with van der Waals surface area (Å²) in [6, 6.07) is 8.22. The van der Waals surface area contributed by atoms with E-state index in [1.165, 1.54) is 30.4 Å². The molecular formula is C18H23ClN2OS. The van der Waals surface area contributed by atoms with Crippen LogP contribution in [0, 0.1) is 5.41 Å². The lowest BCUT2D eigenvalue weighted by Gasteiger charge is -2.44. The smallest absolute Gasteiger partial charge is 0.255 e. The van der Waals surface area contributed by atoms with Crippen LogP contribution in [0.1, 0.15) is 36.0 Å². The summed E-state index contributed by atoms with van der Waals surface area (Å²) in [7, 11) is 0. The van der Waals surface area contributed by atoms with Crippen molar-refractivity contribution in [1.82, 2.24) is 10.2 Å². The number of piperidine rings is 2. The highest BCUT2D eigenvalue weighted by molar-refractivity contribution is 7.17. The molecule has 2 fully saturated rings. The standard InChI is InChI=1S/C18H22N2OS.ClH/c21-17(15-13-22-16-4-2-1-3-14(15)16)20-11-7-18(8-12-20)5-9-19-10-6-18;/h1-4,13,19H,5-12H2;1H. The van der Waals surface area contributed by atoms with Gasteiger partial charge in [0.15, 0.2) is 0 Å². The number of halogens is 1. The van der Waals surface area contributed by atoms with Crippen LogP contribution in [0.2, 0.25) is 0 Å². The molecule has 0 atom stereocenters. The van der Waals surface area contributed by atoms with Crippen LogP contribution in [-0.2, 0) is 0 Å². The molecule has 0 radical (unpaired) electrons. The first kappa shape index (κ1) is 16.7. The summed E-state index contributed by atoms with van der Waals surface area (Å²) in [4.78, 5) is 14.9. The zero-order valence-corrected chi connectivity index (χ0v) is 14.8. The van der Waals surface area contributed by atoms with Gasteiger partial charge in [-0.25, -0.2) is 0 Å². The maximum atomic E-state index is 12.9. The molecule has 1 spiro atoms. The van der Waals surface area contributed by atoms with E-state index in [4.69, 9.17) is 0 Å². The average Bonchev–Trinajstić information content (AvgIpc) is 3.00. The van der Waals surface area contributed by atoms with Crippen LogP contribution in [0.4, 0.5) is 0 Å². The number of nitrogens with zero attached hydrogens (tertiary/aromatic N) is 1. The number of nitrogens with one attached hydrogen (secondary N) is 1. The van der Waals surface area contributed by atoms with Gasteiger partial charge in [0.2, 0.25) is 0 Å². The molecular weight excluding hydrogens is 328 g/mol. The summed E-state index contributed by atoms with van der Waals surface area (Å²) in [5, 5.41) is 6.59. The Bertz CT molecular complexity index is 683. The summed E-state index contributed by atoms with van der Waals surface area (Å²) >= 11 is 1.67. The lowest BCUT2D eigenvalue weighted by Crippen LogP contribution is -2.47. The first-order valence-electron chi connectivity index (χ1n) is 8.24. The number of fused-ring (bicyclic) bond motifs is 1. The highest BCUT2D eigenvalue weighted by atomic mass is 35.5. The minimum atomic E-state index is 0. The molecule has 124 valence electrons. The number of hydrogen-bond donors (Lipinski definition) is 1. The highest BCUT2D eigenvalue weighted by Crippen LogP contribution is 2.40. The highest BCUT2D eigenvalue weighted by Gasteiger charge is 2.37. The maximum Gasteiger partial charge on any atom is 0.255 e. The van der Waals surface area contributed by atoms with Gasteiger partial charge < -0.3 is 10.2 Å². The van der Waals surface area contributed by atoms with E-state index in [1.54, 1.807) is 11.3 Å². The SMILES string of the molecule is Cl.O=C(c1csc2ccccc12)N1CCC2(CCNCC2)CC1. The van der Waals surface area contributed by atoms with E-state index in [0.29, 0.717) is 5.41 Å². The van der Waals surface area contributed by atoms with E-state index in [1.807, 2.05) is 17.5 Å². The van der Waals surface area contributed by atoms with Crippen LogP contribution in [0.15, 0.2) is 29.6 Å². The van der Waals surface area contributed by atoms with E-state index in [9.17, 15) is 4.79 Å². The molecule has 1 N–H and O–H groups in total. The molecule has 1 aromatic heterocycles. The summed E-state index contributed by atoms with van der Waals surface area (Å²) in [6.45, 7) is 4.12. The summed E-state index contributed by atoms with van der Waals surface area (Å²) in [6.07, 6.45) is 4.89. The maximum absolute atomic E-state index is 12.9. The average molecular weight is 351 g/mol. The van der Waals surface area contributed by atoms with Crippen molar-refractivity contribution in [3.63, 3.8) is 0 Å². The van der Waals surface area contributed by atoms with Crippen molar-refractivity contribution >= 4 is 39.7 Å². The Kier molecular flexibility index (Phi) is 4.95. The van der Waals surface area contributed by atoms with Crippen molar-refractivity contribution in [3.8, 4) is 0 Å². The molecule has 4 rings (SSSR count). The van der Waals surface area contributed by atoms with Gasteiger partial charge in [0.25, 0.3) is 5.91 Å². The number of carbonyl (C=O) groups excluding carboxylic acids is 1. The van der Waals surface area contributed by atoms with Gasteiger partial charge in [0.05, 0.1) is 5.56 Å². The molecule has 0 aliphatic carbocycles. The van der Waals surface area contributed by atoms with Crippen LogP contribution in [0.3, 0.4) is 0 Å². The fourth-order valence-corrected chi connectivity index (χ4v) is 4.89. The van der Waals surface area contributed by atoms with Gasteiger partial charge in [0, 0.05) is 28.6 Å². The third kappa shape index (κ3) is 3.12. The first-order valence-corrected chi connectivity index (χ1v) is 9.12. The first-order chi connectivity index (χ1) is 10.8. The second-order valence-electron chi connectivity index (χ2n) is 6.69. The van der Waals surface area contributed by atoms with Crippen molar-refractivity contribution in [2.45, 2.75) is 25.7 Å². The Morgan fingerprint density at radius 3 is 2.52 bits per heavy atom. The van der Waals surface area contributed by atoms with Crippen LogP contribution < -0.4 is 5.32 Å². The van der Waals surface area contributed by atoms with E-state index in [-0.39, 0.29) is 18.3 Å². The molecule has 0 bridgehead atoms. The third-order valence-corrected chi connectivity index (χ3v) is 6.45. The molecule has 3 nitrogen and oxygen atoms in total. The Morgan fingerprint density at radius 2 is 1.78 bits per heavy atom. The Labute approximate surface area is 147 Å². The Balaban J connectivity index is 0.00000156. The van der Waals surface area contributed by atoms with Gasteiger partial charge in [-0.2, -0.15) is 0 Å². The van der Waals surface area contributed by atoms with E-state index in [2.05, 4.69) is 22.3 Å². The van der Waals surface area contributed by atoms with Crippen molar-refractivity contribution in [1.29, 1.82) is 0 Å². The zero-order valence-electron chi connectivity index (χ0n) is 13.2. The fourth-order valence-electron chi connectivity index (χ4n) is 3.96. The largest absolute Gasteiger partial charge is 0.339 e. The minimum Gasteiger partial charge on any atom is -0.339 e. The third-order valence-electron chi connectivity index (χ3n) is 5.49. The number of amides is 1. The number of likely N-dealkylation sites (tertiary alicyclic amines) is 1. The van der Waals surface area contributed by atoms with Crippen molar-refractivity contribution in [2.24, 2.45) is 5.41 Å². The van der Waals surface area contributed by atoms with Gasteiger partial charge in [-0.3, -0.25) is 4.79 Å². The lowest BCUT2D eigenvalue weighted by atomic mass is 9.71. The Morgan fingerprint density at radius 1 is 1.09 bits per heavy atom. The normalized spacial score (nSPS) is 20.4. The Hall–Kier alpha value is -1.10. The van der Waals surface area contributed by atoms with Crippen LogP contribution >= 0.6 is 23.7 Å². The van der Waals surface area contributed by atoms with Gasteiger partial charge in [0.1, 0.15) is 0 Å². The second-order valence-corrected chi connectivity index (χ2v) is 7.60.